The van der Waals surface area contributed by atoms with E-state index in [9.17, 15) is 9.59 Å². The lowest BCUT2D eigenvalue weighted by atomic mass is 10.0. The normalized spacial score (nSPS) is 18.1. The predicted octanol–water partition coefficient (Wildman–Crippen LogP) is -0.160. The minimum Gasteiger partial charge on any atom is -0.481 e. The first-order valence-electron chi connectivity index (χ1n) is 4.46. The SMILES string of the molecule is Cn1c(C2(C(=O)O)CC2)cc(=O)n1C. The van der Waals surface area contributed by atoms with Gasteiger partial charge in [-0.1, -0.05) is 0 Å². The zero-order valence-corrected chi connectivity index (χ0v) is 8.15. The van der Waals surface area contributed by atoms with Crippen LogP contribution in [0.5, 0.6) is 0 Å². The van der Waals surface area contributed by atoms with Crippen molar-refractivity contribution in [3.05, 3.63) is 22.1 Å². The van der Waals surface area contributed by atoms with Gasteiger partial charge in [0.15, 0.2) is 0 Å². The van der Waals surface area contributed by atoms with E-state index in [2.05, 4.69) is 0 Å². The van der Waals surface area contributed by atoms with E-state index in [-0.39, 0.29) is 5.56 Å². The van der Waals surface area contributed by atoms with Crippen molar-refractivity contribution in [3.8, 4) is 0 Å². The molecule has 1 N–H and O–H groups in total. The van der Waals surface area contributed by atoms with E-state index in [0.29, 0.717) is 18.5 Å². The monoisotopic (exact) mass is 196 g/mol. The van der Waals surface area contributed by atoms with Gasteiger partial charge in [0.05, 0.1) is 5.69 Å². The van der Waals surface area contributed by atoms with Gasteiger partial charge in [-0.2, -0.15) is 0 Å². The molecule has 76 valence electrons. The maximum absolute atomic E-state index is 11.3. The molecule has 14 heavy (non-hydrogen) atoms. The van der Waals surface area contributed by atoms with Crippen LogP contribution in [-0.2, 0) is 24.3 Å². The standard InChI is InChI=1S/C9H12N2O3/c1-10-6(5-7(12)11(10)2)9(3-4-9)8(13)14/h5H,3-4H2,1-2H3,(H,13,14). The van der Waals surface area contributed by atoms with Gasteiger partial charge in [-0.05, 0) is 12.8 Å². The summed E-state index contributed by atoms with van der Waals surface area (Å²) in [5, 5.41) is 9.06. The molecule has 1 heterocycles. The molecule has 0 atom stereocenters. The quantitative estimate of drug-likeness (QED) is 0.714. The molecule has 1 aromatic rings. The van der Waals surface area contributed by atoms with Gasteiger partial charge in [0.1, 0.15) is 5.41 Å². The largest absolute Gasteiger partial charge is 0.481 e. The molecule has 1 saturated carbocycles. The lowest BCUT2D eigenvalue weighted by Crippen LogP contribution is -2.24. The first-order chi connectivity index (χ1) is 6.49. The van der Waals surface area contributed by atoms with Gasteiger partial charge >= 0.3 is 5.97 Å². The van der Waals surface area contributed by atoms with Crippen molar-refractivity contribution < 1.29 is 9.90 Å². The summed E-state index contributed by atoms with van der Waals surface area (Å²) in [7, 11) is 3.34. The predicted molar refractivity (Wildman–Crippen MR) is 49.2 cm³/mol. The fourth-order valence-corrected chi connectivity index (χ4v) is 1.77. The van der Waals surface area contributed by atoms with Gasteiger partial charge in [0.25, 0.3) is 5.56 Å². The zero-order chi connectivity index (χ0) is 10.5. The van der Waals surface area contributed by atoms with E-state index < -0.39 is 11.4 Å². The summed E-state index contributed by atoms with van der Waals surface area (Å²) in [5.41, 5.74) is -0.345. The number of aromatic nitrogens is 2. The third-order valence-corrected chi connectivity index (χ3v) is 3.03. The molecular formula is C9H12N2O3. The van der Waals surface area contributed by atoms with Gasteiger partial charge < -0.3 is 5.11 Å². The van der Waals surface area contributed by atoms with Crippen molar-refractivity contribution in [2.24, 2.45) is 14.1 Å². The Labute approximate surface area is 80.5 Å². The van der Waals surface area contributed by atoms with Gasteiger partial charge in [-0.3, -0.25) is 19.0 Å². The topological polar surface area (TPSA) is 64.2 Å². The molecule has 0 radical (unpaired) electrons. The first-order valence-corrected chi connectivity index (χ1v) is 4.46. The molecule has 1 aliphatic carbocycles. The Balaban J connectivity index is 2.58. The lowest BCUT2D eigenvalue weighted by Gasteiger charge is -2.11. The minimum atomic E-state index is -0.835. The Hall–Kier alpha value is -1.52. The molecular weight excluding hydrogens is 184 g/mol. The number of rotatable bonds is 2. The van der Waals surface area contributed by atoms with Crippen LogP contribution in [-0.4, -0.2) is 20.4 Å². The van der Waals surface area contributed by atoms with Gasteiger partial charge in [-0.25, -0.2) is 0 Å². The smallest absolute Gasteiger partial charge is 0.315 e. The number of carboxylic acid groups (broad SMARTS) is 1. The highest BCUT2D eigenvalue weighted by atomic mass is 16.4. The van der Waals surface area contributed by atoms with Crippen LogP contribution in [0, 0.1) is 0 Å². The van der Waals surface area contributed by atoms with Crippen LogP contribution in [0.15, 0.2) is 10.9 Å². The number of nitrogens with zero attached hydrogens (tertiary/aromatic N) is 2. The molecule has 5 heteroatoms. The number of hydrogen-bond donors (Lipinski definition) is 1. The molecule has 0 spiro atoms. The van der Waals surface area contributed by atoms with Crippen LogP contribution >= 0.6 is 0 Å². The lowest BCUT2D eigenvalue weighted by molar-refractivity contribution is -0.140. The highest BCUT2D eigenvalue weighted by molar-refractivity contribution is 5.84. The maximum atomic E-state index is 11.3. The molecule has 1 fully saturated rings. The van der Waals surface area contributed by atoms with Crippen LogP contribution in [0.2, 0.25) is 0 Å². The first kappa shape index (κ1) is 9.05. The zero-order valence-electron chi connectivity index (χ0n) is 8.15. The summed E-state index contributed by atoms with van der Waals surface area (Å²) in [6.07, 6.45) is 1.25. The van der Waals surface area contributed by atoms with E-state index in [1.165, 1.54) is 10.7 Å². The fourth-order valence-electron chi connectivity index (χ4n) is 1.77. The molecule has 1 aromatic heterocycles. The maximum Gasteiger partial charge on any atom is 0.315 e. The average molecular weight is 196 g/mol. The molecule has 1 aliphatic rings. The van der Waals surface area contributed by atoms with Crippen molar-refractivity contribution in [1.82, 2.24) is 9.36 Å². The summed E-state index contributed by atoms with van der Waals surface area (Å²) in [5.74, 6) is -0.835. The van der Waals surface area contributed by atoms with Crippen LogP contribution in [0.1, 0.15) is 18.5 Å². The minimum absolute atomic E-state index is 0.157. The molecule has 0 aliphatic heterocycles. The summed E-state index contributed by atoms with van der Waals surface area (Å²) in [6.45, 7) is 0. The average Bonchev–Trinajstić information content (AvgIpc) is 2.87. The Morgan fingerprint density at radius 3 is 2.29 bits per heavy atom. The summed E-state index contributed by atoms with van der Waals surface area (Å²) in [6, 6.07) is 1.42. The number of carboxylic acids is 1. The second-order valence-electron chi connectivity index (χ2n) is 3.80. The summed E-state index contributed by atoms with van der Waals surface area (Å²) in [4.78, 5) is 22.3. The van der Waals surface area contributed by atoms with E-state index in [1.807, 2.05) is 0 Å². The highest BCUT2D eigenvalue weighted by Gasteiger charge is 2.54. The molecule has 0 amide bonds. The van der Waals surface area contributed by atoms with Crippen molar-refractivity contribution in [2.45, 2.75) is 18.3 Å². The third kappa shape index (κ3) is 0.950. The van der Waals surface area contributed by atoms with E-state index >= 15 is 0 Å². The van der Waals surface area contributed by atoms with Crippen molar-refractivity contribution in [3.63, 3.8) is 0 Å². The van der Waals surface area contributed by atoms with E-state index in [0.717, 1.165) is 0 Å². The second-order valence-corrected chi connectivity index (χ2v) is 3.80. The molecule has 2 rings (SSSR count). The van der Waals surface area contributed by atoms with Crippen LogP contribution in [0.3, 0.4) is 0 Å². The molecule has 0 bridgehead atoms. The van der Waals surface area contributed by atoms with Crippen molar-refractivity contribution >= 4 is 5.97 Å². The summed E-state index contributed by atoms with van der Waals surface area (Å²) >= 11 is 0. The fraction of sp³-hybridized carbons (Fsp3) is 0.556. The number of aliphatic carboxylic acids is 1. The molecule has 5 nitrogen and oxygen atoms in total. The third-order valence-electron chi connectivity index (χ3n) is 3.03. The Morgan fingerprint density at radius 2 is 2.00 bits per heavy atom. The van der Waals surface area contributed by atoms with Crippen molar-refractivity contribution in [2.75, 3.05) is 0 Å². The van der Waals surface area contributed by atoms with Gasteiger partial charge in [-0.15, -0.1) is 0 Å². The summed E-state index contributed by atoms with van der Waals surface area (Å²) < 4.78 is 3.03. The van der Waals surface area contributed by atoms with Crippen LogP contribution in [0.25, 0.3) is 0 Å². The van der Waals surface area contributed by atoms with Crippen LogP contribution in [0.4, 0.5) is 0 Å². The Kier molecular flexibility index (Phi) is 1.61. The molecule has 0 saturated heterocycles. The Bertz CT molecular complexity index is 451. The second kappa shape index (κ2) is 2.50. The molecule has 0 aromatic carbocycles. The Morgan fingerprint density at radius 1 is 1.43 bits per heavy atom. The van der Waals surface area contributed by atoms with E-state index in [1.54, 1.807) is 18.8 Å². The van der Waals surface area contributed by atoms with Gasteiger partial charge in [0.2, 0.25) is 0 Å². The van der Waals surface area contributed by atoms with Gasteiger partial charge in [0, 0.05) is 20.2 Å². The highest BCUT2D eigenvalue weighted by Crippen LogP contribution is 2.47. The number of carbonyl (C=O) groups is 1. The number of hydrogen-bond acceptors (Lipinski definition) is 2. The molecule has 0 unspecified atom stereocenters. The van der Waals surface area contributed by atoms with Crippen molar-refractivity contribution in [1.29, 1.82) is 0 Å². The van der Waals surface area contributed by atoms with E-state index in [4.69, 9.17) is 5.11 Å². The van der Waals surface area contributed by atoms with Crippen LogP contribution < -0.4 is 5.56 Å².